The molecule has 0 saturated carbocycles. The van der Waals surface area contributed by atoms with Crippen molar-refractivity contribution >= 4 is 23.2 Å². The minimum atomic E-state index is 0.156. The zero-order chi connectivity index (χ0) is 14.5. The first-order valence-corrected chi connectivity index (χ1v) is 7.22. The van der Waals surface area contributed by atoms with Crippen LogP contribution in [0.4, 0.5) is 0 Å². The van der Waals surface area contributed by atoms with Crippen molar-refractivity contribution in [2.24, 2.45) is 5.73 Å². The quantitative estimate of drug-likeness (QED) is 0.885. The van der Waals surface area contributed by atoms with E-state index in [2.05, 4.69) is 0 Å². The summed E-state index contributed by atoms with van der Waals surface area (Å²) in [5.74, 6) is 0.786. The highest BCUT2D eigenvalue weighted by Gasteiger charge is 2.06. The molecule has 0 amide bonds. The van der Waals surface area contributed by atoms with Crippen LogP contribution in [0.2, 0.25) is 10.0 Å². The van der Waals surface area contributed by atoms with Gasteiger partial charge in [0, 0.05) is 21.7 Å². The number of halogens is 2. The molecule has 2 nitrogen and oxygen atoms in total. The van der Waals surface area contributed by atoms with Crippen LogP contribution in [0.5, 0.6) is 5.75 Å². The van der Waals surface area contributed by atoms with Crippen LogP contribution in [0.1, 0.15) is 18.1 Å². The fourth-order valence-corrected chi connectivity index (χ4v) is 2.43. The molecule has 106 valence electrons. The van der Waals surface area contributed by atoms with Gasteiger partial charge in [0.15, 0.2) is 0 Å². The van der Waals surface area contributed by atoms with Crippen LogP contribution < -0.4 is 10.5 Å². The Hall–Kier alpha value is -1.22. The second-order valence-corrected chi connectivity index (χ2v) is 5.63. The number of ether oxygens (including phenoxy) is 1. The molecule has 0 aromatic heterocycles. The van der Waals surface area contributed by atoms with Gasteiger partial charge >= 0.3 is 0 Å². The lowest BCUT2D eigenvalue weighted by Crippen LogP contribution is -2.17. The van der Waals surface area contributed by atoms with E-state index >= 15 is 0 Å². The number of benzene rings is 2. The molecule has 0 saturated heterocycles. The molecule has 0 fully saturated rings. The van der Waals surface area contributed by atoms with Crippen LogP contribution >= 0.6 is 23.2 Å². The van der Waals surface area contributed by atoms with Crippen molar-refractivity contribution in [3.63, 3.8) is 0 Å². The van der Waals surface area contributed by atoms with Crippen LogP contribution in [-0.2, 0) is 13.0 Å². The summed E-state index contributed by atoms with van der Waals surface area (Å²) in [6, 6.07) is 13.5. The highest BCUT2D eigenvalue weighted by atomic mass is 35.5. The minimum Gasteiger partial charge on any atom is -0.489 e. The summed E-state index contributed by atoms with van der Waals surface area (Å²) in [5, 5.41) is 1.23. The normalized spacial score (nSPS) is 12.2. The van der Waals surface area contributed by atoms with Crippen LogP contribution in [-0.4, -0.2) is 6.04 Å². The molecule has 1 unspecified atom stereocenters. The summed E-state index contributed by atoms with van der Waals surface area (Å²) >= 11 is 12.2. The van der Waals surface area contributed by atoms with E-state index in [9.17, 15) is 0 Å². The number of rotatable bonds is 5. The van der Waals surface area contributed by atoms with Gasteiger partial charge in [-0.1, -0.05) is 41.4 Å². The standard InChI is InChI=1S/C16H17Cl2NO/c1-11(19)9-12-5-7-13(8-6-12)20-10-14-15(17)3-2-4-16(14)18/h2-8,11H,9-10,19H2,1H3. The molecule has 0 bridgehead atoms. The molecule has 4 heteroatoms. The summed E-state index contributed by atoms with van der Waals surface area (Å²) < 4.78 is 5.71. The van der Waals surface area contributed by atoms with Gasteiger partial charge in [0.1, 0.15) is 12.4 Å². The summed E-state index contributed by atoms with van der Waals surface area (Å²) in [6.07, 6.45) is 0.858. The van der Waals surface area contributed by atoms with Gasteiger partial charge in [-0.05, 0) is 43.2 Å². The Kier molecular flexibility index (Phi) is 5.30. The smallest absolute Gasteiger partial charge is 0.119 e. The van der Waals surface area contributed by atoms with Crippen LogP contribution in [0, 0.1) is 0 Å². The number of nitrogens with two attached hydrogens (primary N) is 1. The minimum absolute atomic E-state index is 0.156. The van der Waals surface area contributed by atoms with Gasteiger partial charge in [0.2, 0.25) is 0 Å². The average molecular weight is 310 g/mol. The van der Waals surface area contributed by atoms with Crippen molar-refractivity contribution in [1.82, 2.24) is 0 Å². The van der Waals surface area contributed by atoms with Crippen molar-refractivity contribution < 1.29 is 4.74 Å². The van der Waals surface area contributed by atoms with E-state index < -0.39 is 0 Å². The highest BCUT2D eigenvalue weighted by molar-refractivity contribution is 6.35. The van der Waals surface area contributed by atoms with Crippen molar-refractivity contribution in [2.75, 3.05) is 0 Å². The molecule has 0 spiro atoms. The van der Waals surface area contributed by atoms with E-state index in [0.717, 1.165) is 17.7 Å². The van der Waals surface area contributed by atoms with E-state index in [1.54, 1.807) is 12.1 Å². The van der Waals surface area contributed by atoms with E-state index in [1.165, 1.54) is 5.56 Å². The lowest BCUT2D eigenvalue weighted by atomic mass is 10.1. The maximum atomic E-state index is 6.10. The Labute approximate surface area is 129 Å². The first kappa shape index (κ1) is 15.2. The van der Waals surface area contributed by atoms with Crippen LogP contribution in [0.25, 0.3) is 0 Å². The second kappa shape index (κ2) is 6.98. The molecule has 0 aliphatic heterocycles. The highest BCUT2D eigenvalue weighted by Crippen LogP contribution is 2.26. The van der Waals surface area contributed by atoms with Crippen molar-refractivity contribution in [2.45, 2.75) is 26.0 Å². The first-order valence-electron chi connectivity index (χ1n) is 6.46. The van der Waals surface area contributed by atoms with E-state index in [1.807, 2.05) is 37.3 Å². The average Bonchev–Trinajstić information content (AvgIpc) is 2.39. The monoisotopic (exact) mass is 309 g/mol. The topological polar surface area (TPSA) is 35.2 Å². The molecular formula is C16H17Cl2NO. The van der Waals surface area contributed by atoms with E-state index in [4.69, 9.17) is 33.7 Å². The third-order valence-electron chi connectivity index (χ3n) is 2.93. The molecular weight excluding hydrogens is 293 g/mol. The Bertz CT molecular complexity index is 547. The molecule has 2 aromatic carbocycles. The molecule has 2 rings (SSSR count). The molecule has 20 heavy (non-hydrogen) atoms. The Morgan fingerprint density at radius 1 is 1.05 bits per heavy atom. The van der Waals surface area contributed by atoms with Gasteiger partial charge in [0.05, 0.1) is 0 Å². The van der Waals surface area contributed by atoms with Crippen molar-refractivity contribution in [1.29, 1.82) is 0 Å². The maximum Gasteiger partial charge on any atom is 0.119 e. The SMILES string of the molecule is CC(N)Cc1ccc(OCc2c(Cl)cccc2Cl)cc1. The third-order valence-corrected chi connectivity index (χ3v) is 3.63. The fraction of sp³-hybridized carbons (Fsp3) is 0.250. The van der Waals surface area contributed by atoms with Gasteiger partial charge in [0.25, 0.3) is 0 Å². The number of hydrogen-bond acceptors (Lipinski definition) is 2. The zero-order valence-electron chi connectivity index (χ0n) is 11.3. The predicted octanol–water partition coefficient (Wildman–Crippen LogP) is 4.46. The van der Waals surface area contributed by atoms with E-state index in [-0.39, 0.29) is 6.04 Å². The Morgan fingerprint density at radius 2 is 1.65 bits per heavy atom. The summed E-state index contributed by atoms with van der Waals surface area (Å²) in [4.78, 5) is 0. The van der Waals surface area contributed by atoms with Crippen molar-refractivity contribution in [3.8, 4) is 5.75 Å². The molecule has 0 heterocycles. The van der Waals surface area contributed by atoms with Gasteiger partial charge in [-0.15, -0.1) is 0 Å². The lowest BCUT2D eigenvalue weighted by Gasteiger charge is -2.10. The zero-order valence-corrected chi connectivity index (χ0v) is 12.8. The summed E-state index contributed by atoms with van der Waals surface area (Å²) in [7, 11) is 0. The number of hydrogen-bond donors (Lipinski definition) is 1. The fourth-order valence-electron chi connectivity index (χ4n) is 1.92. The van der Waals surface area contributed by atoms with Gasteiger partial charge < -0.3 is 10.5 Å². The van der Waals surface area contributed by atoms with Gasteiger partial charge in [-0.3, -0.25) is 0 Å². The Balaban J connectivity index is 2.00. The molecule has 2 N–H and O–H groups in total. The summed E-state index contributed by atoms with van der Waals surface area (Å²) in [5.41, 5.74) is 7.77. The molecule has 1 atom stereocenters. The first-order chi connectivity index (χ1) is 9.56. The molecule has 0 aliphatic rings. The van der Waals surface area contributed by atoms with Gasteiger partial charge in [-0.2, -0.15) is 0 Å². The Morgan fingerprint density at radius 3 is 2.20 bits per heavy atom. The second-order valence-electron chi connectivity index (χ2n) is 4.81. The molecule has 2 aromatic rings. The largest absolute Gasteiger partial charge is 0.489 e. The predicted molar refractivity (Wildman–Crippen MR) is 84.6 cm³/mol. The van der Waals surface area contributed by atoms with Crippen LogP contribution in [0.15, 0.2) is 42.5 Å². The van der Waals surface area contributed by atoms with Crippen molar-refractivity contribution in [3.05, 3.63) is 63.6 Å². The van der Waals surface area contributed by atoms with E-state index in [0.29, 0.717) is 16.7 Å². The molecule has 0 aliphatic carbocycles. The maximum absolute atomic E-state index is 6.10. The third kappa shape index (κ3) is 4.14. The molecule has 0 radical (unpaired) electrons. The van der Waals surface area contributed by atoms with Gasteiger partial charge in [-0.25, -0.2) is 0 Å². The summed E-state index contributed by atoms with van der Waals surface area (Å²) in [6.45, 7) is 2.34. The lowest BCUT2D eigenvalue weighted by molar-refractivity contribution is 0.306. The van der Waals surface area contributed by atoms with Crippen LogP contribution in [0.3, 0.4) is 0 Å².